The summed E-state index contributed by atoms with van der Waals surface area (Å²) in [6, 6.07) is 21.1. The van der Waals surface area contributed by atoms with Crippen molar-refractivity contribution < 1.29 is 0 Å². The number of thiazole rings is 1. The van der Waals surface area contributed by atoms with Gasteiger partial charge in [0.05, 0.1) is 26.8 Å². The molecule has 3 aromatic carbocycles. The average Bonchev–Trinajstić information content (AvgIpc) is 3.17. The topological polar surface area (TPSA) is 85.8 Å². The molecule has 0 spiro atoms. The number of nitrogens with zero attached hydrogens (tertiary/aromatic N) is 3. The first-order valence-electron chi connectivity index (χ1n) is 9.10. The molecular weight excluding hydrogens is 382 g/mol. The molecule has 2 heterocycles. The minimum Gasteiger partial charge on any atom is -0.293 e. The first-order valence-corrected chi connectivity index (χ1v) is 9.92. The highest BCUT2D eigenvalue weighted by Gasteiger charge is 2.13. The van der Waals surface area contributed by atoms with Gasteiger partial charge in [0.25, 0.3) is 5.56 Å². The van der Waals surface area contributed by atoms with Crippen LogP contribution in [0.3, 0.4) is 0 Å². The normalized spacial score (nSPS) is 11.2. The van der Waals surface area contributed by atoms with E-state index in [0.717, 1.165) is 20.8 Å². The van der Waals surface area contributed by atoms with Gasteiger partial charge in [0, 0.05) is 5.56 Å². The van der Waals surface area contributed by atoms with E-state index in [9.17, 15) is 4.79 Å². The number of fused-ring (bicyclic) bond motifs is 2. The lowest BCUT2D eigenvalue weighted by Crippen LogP contribution is -2.25. The maximum Gasteiger partial charge on any atom is 0.267 e. The predicted molar refractivity (Wildman–Crippen MR) is 119 cm³/mol. The van der Waals surface area contributed by atoms with E-state index in [1.54, 1.807) is 23.5 Å². The maximum absolute atomic E-state index is 13.0. The largest absolute Gasteiger partial charge is 0.293 e. The Bertz CT molecular complexity index is 1420. The number of aromatic nitrogens is 3. The second-order valence-electron chi connectivity index (χ2n) is 6.77. The van der Waals surface area contributed by atoms with Crippen LogP contribution >= 0.6 is 11.3 Å². The van der Waals surface area contributed by atoms with Crippen LogP contribution in [0.1, 0.15) is 5.56 Å². The highest BCUT2D eigenvalue weighted by Crippen LogP contribution is 2.31. The lowest BCUT2D eigenvalue weighted by Gasteiger charge is -2.13. The Kier molecular flexibility index (Phi) is 4.12. The van der Waals surface area contributed by atoms with Crippen molar-refractivity contribution >= 4 is 38.4 Å². The minimum atomic E-state index is -0.174. The zero-order valence-electron chi connectivity index (χ0n) is 15.6. The summed E-state index contributed by atoms with van der Waals surface area (Å²) in [5.41, 5.74) is 6.85. The fraction of sp³-hybridized carbons (Fsp3) is 0.0455. The number of hydrogen-bond acceptors (Lipinski definition) is 6. The van der Waals surface area contributed by atoms with E-state index in [-0.39, 0.29) is 11.5 Å². The van der Waals surface area contributed by atoms with Crippen molar-refractivity contribution in [3.63, 3.8) is 0 Å². The molecule has 2 aromatic heterocycles. The Morgan fingerprint density at radius 1 is 0.966 bits per heavy atom. The number of anilines is 1. The number of nitrogens with one attached hydrogen (secondary N) is 1. The molecule has 6 nitrogen and oxygen atoms in total. The molecule has 0 aliphatic rings. The molecule has 0 fully saturated rings. The molecule has 29 heavy (non-hydrogen) atoms. The average molecular weight is 399 g/mol. The zero-order valence-corrected chi connectivity index (χ0v) is 16.4. The van der Waals surface area contributed by atoms with E-state index < -0.39 is 0 Å². The molecule has 3 N–H and O–H groups in total. The van der Waals surface area contributed by atoms with E-state index >= 15 is 0 Å². The summed E-state index contributed by atoms with van der Waals surface area (Å²) >= 11 is 1.65. The molecule has 0 unspecified atom stereocenters. The van der Waals surface area contributed by atoms with Crippen LogP contribution in [-0.2, 0) is 0 Å². The molecule has 5 aromatic rings. The van der Waals surface area contributed by atoms with E-state index in [1.807, 2.05) is 42.5 Å². The van der Waals surface area contributed by atoms with Gasteiger partial charge in [-0.25, -0.2) is 20.4 Å². The van der Waals surface area contributed by atoms with Crippen molar-refractivity contribution in [1.29, 1.82) is 0 Å². The van der Waals surface area contributed by atoms with E-state index in [4.69, 9.17) is 10.8 Å². The Labute approximate surface area is 170 Å². The Morgan fingerprint density at radius 2 is 1.76 bits per heavy atom. The SMILES string of the molecule is Cc1ccc2nc(-c3ccc(-n4c(NN)nc5ccccc5c4=O)cc3)sc2c1. The van der Waals surface area contributed by atoms with Crippen molar-refractivity contribution in [2.75, 3.05) is 5.43 Å². The number of hydrogen-bond donors (Lipinski definition) is 2. The molecule has 5 rings (SSSR count). The van der Waals surface area contributed by atoms with E-state index in [1.165, 1.54) is 10.1 Å². The molecule has 0 saturated heterocycles. The van der Waals surface area contributed by atoms with Gasteiger partial charge in [0.2, 0.25) is 5.95 Å². The summed E-state index contributed by atoms with van der Waals surface area (Å²) in [6.45, 7) is 2.08. The van der Waals surface area contributed by atoms with Gasteiger partial charge in [-0.15, -0.1) is 11.3 Å². The van der Waals surface area contributed by atoms with Crippen LogP contribution in [0.4, 0.5) is 5.95 Å². The summed E-state index contributed by atoms with van der Waals surface area (Å²) in [4.78, 5) is 22.2. The van der Waals surface area contributed by atoms with Gasteiger partial charge in [-0.05, 0) is 61.0 Å². The maximum atomic E-state index is 13.0. The van der Waals surface area contributed by atoms with E-state index in [2.05, 4.69) is 29.5 Å². The minimum absolute atomic E-state index is 0.174. The van der Waals surface area contributed by atoms with Gasteiger partial charge in [0.15, 0.2) is 0 Å². The molecule has 7 heteroatoms. The highest BCUT2D eigenvalue weighted by molar-refractivity contribution is 7.21. The van der Waals surface area contributed by atoms with Gasteiger partial charge in [-0.2, -0.15) is 0 Å². The molecule has 0 radical (unpaired) electrons. The van der Waals surface area contributed by atoms with Crippen LogP contribution < -0.4 is 16.8 Å². The van der Waals surface area contributed by atoms with Crippen molar-refractivity contribution in [2.24, 2.45) is 5.84 Å². The molecule has 0 bridgehead atoms. The fourth-order valence-electron chi connectivity index (χ4n) is 3.38. The summed E-state index contributed by atoms with van der Waals surface area (Å²) in [5.74, 6) is 5.93. The summed E-state index contributed by atoms with van der Waals surface area (Å²) in [5, 5.41) is 1.48. The van der Waals surface area contributed by atoms with Crippen LogP contribution in [0.5, 0.6) is 0 Å². The zero-order chi connectivity index (χ0) is 20.0. The van der Waals surface area contributed by atoms with Crippen LogP contribution in [0.15, 0.2) is 71.5 Å². The lowest BCUT2D eigenvalue weighted by molar-refractivity contribution is 0.956. The Hall–Kier alpha value is -3.55. The first kappa shape index (κ1) is 17.5. The molecule has 0 aliphatic carbocycles. The van der Waals surface area contributed by atoms with Crippen LogP contribution in [-0.4, -0.2) is 14.5 Å². The van der Waals surface area contributed by atoms with Gasteiger partial charge in [-0.3, -0.25) is 10.2 Å². The van der Waals surface area contributed by atoms with Gasteiger partial charge in [-0.1, -0.05) is 18.2 Å². The van der Waals surface area contributed by atoms with Crippen molar-refractivity contribution in [1.82, 2.24) is 14.5 Å². The highest BCUT2D eigenvalue weighted by atomic mass is 32.1. The number of rotatable bonds is 3. The molecule has 142 valence electrons. The van der Waals surface area contributed by atoms with Crippen molar-refractivity contribution in [2.45, 2.75) is 6.92 Å². The molecular formula is C22H17N5OS. The second kappa shape index (κ2) is 6.80. The van der Waals surface area contributed by atoms with Gasteiger partial charge < -0.3 is 0 Å². The number of para-hydroxylation sites is 1. The lowest BCUT2D eigenvalue weighted by atomic mass is 10.2. The van der Waals surface area contributed by atoms with Crippen molar-refractivity contribution in [3.05, 3.63) is 82.6 Å². The predicted octanol–water partition coefficient (Wildman–Crippen LogP) is 4.26. The first-order chi connectivity index (χ1) is 14.1. The van der Waals surface area contributed by atoms with Crippen LogP contribution in [0.25, 0.3) is 37.4 Å². The number of benzene rings is 3. The number of hydrazine groups is 1. The third kappa shape index (κ3) is 2.97. The summed E-state index contributed by atoms with van der Waals surface area (Å²) < 4.78 is 2.64. The van der Waals surface area contributed by atoms with Gasteiger partial charge in [0.1, 0.15) is 5.01 Å². The summed E-state index contributed by atoms with van der Waals surface area (Å²) in [6.07, 6.45) is 0. The number of aryl methyl sites for hydroxylation is 1. The fourth-order valence-corrected chi connectivity index (χ4v) is 4.45. The molecule has 0 atom stereocenters. The molecule has 0 saturated carbocycles. The third-order valence-corrected chi connectivity index (χ3v) is 5.89. The van der Waals surface area contributed by atoms with E-state index in [0.29, 0.717) is 16.6 Å². The number of nitrogens with two attached hydrogens (primary N) is 1. The van der Waals surface area contributed by atoms with Crippen LogP contribution in [0.2, 0.25) is 0 Å². The Balaban J connectivity index is 1.61. The monoisotopic (exact) mass is 399 g/mol. The second-order valence-corrected chi connectivity index (χ2v) is 7.81. The van der Waals surface area contributed by atoms with Gasteiger partial charge >= 0.3 is 0 Å². The smallest absolute Gasteiger partial charge is 0.267 e. The quantitative estimate of drug-likeness (QED) is 0.350. The molecule has 0 amide bonds. The summed E-state index contributed by atoms with van der Waals surface area (Å²) in [7, 11) is 0. The Morgan fingerprint density at radius 3 is 2.55 bits per heavy atom. The third-order valence-electron chi connectivity index (χ3n) is 4.82. The molecule has 0 aliphatic heterocycles. The van der Waals surface area contributed by atoms with Crippen molar-refractivity contribution in [3.8, 4) is 16.3 Å². The number of nitrogen functional groups attached to an aromatic ring is 1. The van der Waals surface area contributed by atoms with Crippen LogP contribution in [0, 0.1) is 6.92 Å². The standard InChI is InChI=1S/C22H17N5OS/c1-13-6-11-18-19(12-13)29-20(24-18)14-7-9-15(10-8-14)27-21(28)16-4-2-3-5-17(16)25-22(27)26-23/h2-12H,23H2,1H3,(H,25,26).